The number of hydrogen-bond acceptors (Lipinski definition) is 11. The summed E-state index contributed by atoms with van der Waals surface area (Å²) in [4.78, 5) is 76.0. The number of ether oxygens (including phenoxy) is 1. The maximum absolute atomic E-state index is 14.7. The van der Waals surface area contributed by atoms with Gasteiger partial charge in [-0.1, -0.05) is 48.9 Å². The molecule has 0 spiro atoms. The monoisotopic (exact) mass is 985 g/mol. The zero-order chi connectivity index (χ0) is 51.0. The number of para-hydroxylation sites is 1. The highest BCUT2D eigenvalue weighted by Gasteiger charge is 2.33. The topological polar surface area (TPSA) is 294 Å². The number of aromatic hydroxyl groups is 1. The van der Waals surface area contributed by atoms with E-state index < -0.39 is 47.7 Å². The predicted molar refractivity (Wildman–Crippen MR) is 278 cm³/mol. The summed E-state index contributed by atoms with van der Waals surface area (Å²) < 4.78 is 5.59. The number of methoxy groups -OCH3 is 1. The van der Waals surface area contributed by atoms with Gasteiger partial charge in [-0.2, -0.15) is 0 Å². The summed E-state index contributed by atoms with van der Waals surface area (Å²) in [6.07, 6.45) is 5.47. The number of benzene rings is 4. The Balaban J connectivity index is 1.12. The van der Waals surface area contributed by atoms with Gasteiger partial charge >= 0.3 is 0 Å². The molecule has 4 aromatic carbocycles. The normalized spacial score (nSPS) is 16.9. The number of phenols is 1. The van der Waals surface area contributed by atoms with E-state index >= 15 is 0 Å². The Labute approximate surface area is 419 Å². The smallest absolute Gasteiger partial charge is 0.243 e. The van der Waals surface area contributed by atoms with Crippen molar-refractivity contribution < 1.29 is 33.8 Å². The number of phenolic OH excluding ortho intramolecular Hbond substituents is 1. The second-order valence-corrected chi connectivity index (χ2v) is 18.5. The van der Waals surface area contributed by atoms with Gasteiger partial charge in [-0.15, -0.1) is 0 Å². The van der Waals surface area contributed by atoms with Crippen molar-refractivity contribution >= 4 is 57.8 Å². The van der Waals surface area contributed by atoms with E-state index in [1.165, 1.54) is 0 Å². The maximum atomic E-state index is 14.7. The molecule has 0 radical (unpaired) electrons. The lowest BCUT2D eigenvalue weighted by atomic mass is 9.85. The van der Waals surface area contributed by atoms with Gasteiger partial charge in [0.25, 0.3) is 0 Å². The number of unbranched alkanes of at least 4 members (excludes halogenated alkanes) is 1. The molecular formula is C53H68N12O7. The zero-order valence-electron chi connectivity index (χ0n) is 40.7. The van der Waals surface area contributed by atoms with Crippen molar-refractivity contribution in [3.05, 3.63) is 108 Å². The number of aromatic nitrogens is 1. The second kappa shape index (κ2) is 25.5. The number of piperazine rings is 1. The molecule has 7 rings (SSSR count). The molecule has 72 heavy (non-hydrogen) atoms. The van der Waals surface area contributed by atoms with Gasteiger partial charge in [0, 0.05) is 91.6 Å². The molecule has 14 N–H and O–H groups in total. The number of nitrogens with two attached hydrogens (primary N) is 2. The zero-order valence-corrected chi connectivity index (χ0v) is 40.7. The van der Waals surface area contributed by atoms with Gasteiger partial charge in [0.1, 0.15) is 29.6 Å². The van der Waals surface area contributed by atoms with Crippen LogP contribution in [-0.4, -0.2) is 116 Å². The Hall–Kier alpha value is -7.64. The Kier molecular flexibility index (Phi) is 18.5. The largest absolute Gasteiger partial charge is 0.508 e. The van der Waals surface area contributed by atoms with Gasteiger partial charge in [-0.3, -0.25) is 29.4 Å². The molecule has 19 nitrogen and oxygen atoms in total. The van der Waals surface area contributed by atoms with Crippen LogP contribution in [0.25, 0.3) is 22.0 Å². The third-order valence-electron chi connectivity index (χ3n) is 13.3. The van der Waals surface area contributed by atoms with Crippen LogP contribution >= 0.6 is 0 Å². The van der Waals surface area contributed by atoms with E-state index in [0.717, 1.165) is 61.4 Å². The Bertz CT molecular complexity index is 2650. The Morgan fingerprint density at radius 1 is 0.833 bits per heavy atom. The molecule has 1 aliphatic heterocycles. The molecule has 2 aliphatic rings. The number of H-pyrrole nitrogens is 1. The van der Waals surface area contributed by atoms with Crippen LogP contribution in [0.15, 0.2) is 97.2 Å². The minimum absolute atomic E-state index is 0.00437. The molecular weight excluding hydrogens is 917 g/mol. The number of nitrogens with zero attached hydrogens (tertiary/aromatic N) is 1. The van der Waals surface area contributed by atoms with E-state index in [9.17, 15) is 29.1 Å². The first kappa shape index (κ1) is 52.2. The van der Waals surface area contributed by atoms with Crippen LogP contribution in [-0.2, 0) is 36.8 Å². The van der Waals surface area contributed by atoms with Crippen molar-refractivity contribution in [1.29, 1.82) is 5.41 Å². The SMILES string of the molecule is COc1ccccc1-c1ccc(C[C@H](NC(=O)[C@H](Cc2c[nH]c3ccc(O)cc23)NC(=O)[C@H]2CCC[C@H](N)C2)C(=O)N[C@@H](CCCCNC(=N)N)C(=O)NCC(=O)Nc2ccc(N3CCNCC3)cc2)cc1. The van der Waals surface area contributed by atoms with Gasteiger partial charge in [-0.05, 0) is 104 Å². The lowest BCUT2D eigenvalue weighted by Crippen LogP contribution is -2.58. The number of carbonyl (C=O) groups is 5. The third kappa shape index (κ3) is 14.7. The summed E-state index contributed by atoms with van der Waals surface area (Å²) in [6.45, 7) is 3.50. The van der Waals surface area contributed by atoms with Gasteiger partial charge in [-0.25, -0.2) is 0 Å². The van der Waals surface area contributed by atoms with Crippen LogP contribution in [0.3, 0.4) is 0 Å². The number of anilines is 2. The fourth-order valence-corrected chi connectivity index (χ4v) is 9.35. The molecule has 382 valence electrons. The van der Waals surface area contributed by atoms with Crippen LogP contribution in [0, 0.1) is 11.3 Å². The number of nitrogens with one attached hydrogen (secondary N) is 9. The number of fused-ring (bicyclic) bond motifs is 1. The second-order valence-electron chi connectivity index (χ2n) is 18.5. The number of aromatic amines is 1. The molecule has 2 heterocycles. The van der Waals surface area contributed by atoms with Crippen LogP contribution in [0.5, 0.6) is 11.5 Å². The van der Waals surface area contributed by atoms with Crippen LogP contribution in [0.1, 0.15) is 56.1 Å². The molecule has 0 unspecified atom stereocenters. The van der Waals surface area contributed by atoms with Crippen molar-refractivity contribution in [3.8, 4) is 22.6 Å². The first-order valence-electron chi connectivity index (χ1n) is 24.7. The average molecular weight is 985 g/mol. The third-order valence-corrected chi connectivity index (χ3v) is 13.3. The molecule has 0 bridgehead atoms. The van der Waals surface area contributed by atoms with Crippen molar-refractivity contribution in [2.75, 3.05) is 56.6 Å². The molecule has 19 heteroatoms. The van der Waals surface area contributed by atoms with Crippen molar-refractivity contribution in [2.24, 2.45) is 17.4 Å². The molecule has 1 saturated carbocycles. The Morgan fingerprint density at radius 2 is 1.56 bits per heavy atom. The minimum atomic E-state index is -1.26. The molecule has 5 amide bonds. The first-order valence-corrected chi connectivity index (χ1v) is 24.7. The quantitative estimate of drug-likeness (QED) is 0.0271. The fraction of sp³-hybridized carbons (Fsp3) is 0.396. The first-order chi connectivity index (χ1) is 34.8. The van der Waals surface area contributed by atoms with Crippen LogP contribution in [0.2, 0.25) is 0 Å². The van der Waals surface area contributed by atoms with Gasteiger partial charge < -0.3 is 68.4 Å². The lowest BCUT2D eigenvalue weighted by Gasteiger charge is -2.29. The number of carbonyl (C=O) groups excluding carboxylic acids is 5. The highest BCUT2D eigenvalue weighted by Crippen LogP contribution is 2.30. The maximum Gasteiger partial charge on any atom is 0.243 e. The summed E-state index contributed by atoms with van der Waals surface area (Å²) in [5, 5.41) is 38.9. The summed E-state index contributed by atoms with van der Waals surface area (Å²) in [6, 6.07) is 23.7. The molecule has 1 aliphatic carbocycles. The summed E-state index contributed by atoms with van der Waals surface area (Å²) in [5.41, 5.74) is 17.2. The predicted octanol–water partition coefficient (Wildman–Crippen LogP) is 3.12. The minimum Gasteiger partial charge on any atom is -0.508 e. The highest BCUT2D eigenvalue weighted by molar-refractivity contribution is 5.98. The average Bonchev–Trinajstić information content (AvgIpc) is 3.78. The van der Waals surface area contributed by atoms with Crippen molar-refractivity contribution in [3.63, 3.8) is 0 Å². The van der Waals surface area contributed by atoms with E-state index in [2.05, 4.69) is 47.1 Å². The van der Waals surface area contributed by atoms with Gasteiger partial charge in [0.05, 0.1) is 13.7 Å². The van der Waals surface area contributed by atoms with Crippen molar-refractivity contribution in [1.82, 2.24) is 36.9 Å². The van der Waals surface area contributed by atoms with Gasteiger partial charge in [0.2, 0.25) is 29.5 Å². The number of rotatable bonds is 22. The van der Waals surface area contributed by atoms with E-state index in [1.807, 2.05) is 72.8 Å². The Morgan fingerprint density at radius 3 is 2.28 bits per heavy atom. The molecule has 1 aromatic heterocycles. The lowest BCUT2D eigenvalue weighted by molar-refractivity contribution is -0.134. The summed E-state index contributed by atoms with van der Waals surface area (Å²) >= 11 is 0. The summed E-state index contributed by atoms with van der Waals surface area (Å²) in [5.74, 6) is -2.62. The molecule has 5 atom stereocenters. The van der Waals surface area contributed by atoms with E-state index in [0.29, 0.717) is 60.2 Å². The molecule has 1 saturated heterocycles. The number of hydrogen-bond donors (Lipinski definition) is 12. The highest BCUT2D eigenvalue weighted by atomic mass is 16.5. The van der Waals surface area contributed by atoms with E-state index in [-0.39, 0.29) is 49.5 Å². The summed E-state index contributed by atoms with van der Waals surface area (Å²) in [7, 11) is 1.60. The standard InChI is InChI=1S/C53H68N12O7/c1-72-47-11-3-2-9-41(47)34-14-12-33(13-15-34)27-45(64-52(71)46(63-49(68)35-7-6-8-37(54)28-35)29-36-31-59-43-21-20-40(66)30-42(36)43)51(70)62-44(10-4-5-22-58-53(55)56)50(69)60-32-48(67)61-38-16-18-39(19-17-38)65-25-23-57-24-26-65/h2-3,9,11-21,30-31,35,37,44-46,57,59,66H,4-8,10,22-29,32,54H2,1H3,(H,60,69)(H,61,67)(H,62,70)(H,63,68)(H,64,71)(H4,55,56,58)/t35-,37-,44-,45-,46-/m0/s1. The van der Waals surface area contributed by atoms with Gasteiger partial charge in [0.15, 0.2) is 5.96 Å². The van der Waals surface area contributed by atoms with Crippen LogP contribution in [0.4, 0.5) is 11.4 Å². The fourth-order valence-electron chi connectivity index (χ4n) is 9.35. The number of amides is 5. The molecule has 2 fully saturated rings. The number of guanidine groups is 1. The van der Waals surface area contributed by atoms with E-state index in [1.54, 1.807) is 31.5 Å². The van der Waals surface area contributed by atoms with Crippen LogP contribution < -0.4 is 58.3 Å². The van der Waals surface area contributed by atoms with E-state index in [4.69, 9.17) is 21.6 Å². The van der Waals surface area contributed by atoms with Crippen molar-refractivity contribution in [2.45, 2.75) is 82.0 Å². The molecule has 5 aromatic rings.